The number of hydrogen-bond donors (Lipinski definition) is 1. The van der Waals surface area contributed by atoms with E-state index in [0.717, 1.165) is 36.3 Å². The van der Waals surface area contributed by atoms with Crippen LogP contribution in [0.15, 0.2) is 24.5 Å². The van der Waals surface area contributed by atoms with E-state index in [-0.39, 0.29) is 12.2 Å². The number of aldehydes is 1. The molecule has 0 aliphatic carbocycles. The van der Waals surface area contributed by atoms with Crippen LogP contribution in [0.2, 0.25) is 0 Å². The van der Waals surface area contributed by atoms with Crippen molar-refractivity contribution in [3.8, 4) is 11.3 Å². The number of morpholine rings is 1. The minimum atomic E-state index is 0.141. The number of carbonyl (C=O) groups is 1. The predicted molar refractivity (Wildman–Crippen MR) is 79.4 cm³/mol. The third-order valence-electron chi connectivity index (χ3n) is 3.57. The van der Waals surface area contributed by atoms with Gasteiger partial charge in [-0.05, 0) is 26.0 Å². The number of pyridine rings is 1. The molecule has 21 heavy (non-hydrogen) atoms. The number of nitrogens with one attached hydrogen (secondary N) is 1. The lowest BCUT2D eigenvalue weighted by molar-refractivity contribution is -0.00527. The fraction of sp³-hybridized carbons (Fsp3) is 0.400. The van der Waals surface area contributed by atoms with Gasteiger partial charge in [0.15, 0.2) is 6.29 Å². The molecule has 1 saturated heterocycles. The Labute approximate surface area is 123 Å². The molecule has 0 radical (unpaired) electrons. The largest absolute Gasteiger partial charge is 0.372 e. The molecule has 0 bridgehead atoms. The molecule has 1 aliphatic heterocycles. The number of rotatable bonds is 3. The van der Waals surface area contributed by atoms with Crippen molar-refractivity contribution in [1.82, 2.24) is 15.2 Å². The molecule has 1 aliphatic rings. The highest BCUT2D eigenvalue weighted by Gasteiger charge is 2.24. The summed E-state index contributed by atoms with van der Waals surface area (Å²) >= 11 is 0. The molecule has 0 spiro atoms. The number of ether oxygens (including phenoxy) is 1. The molecule has 0 saturated carbocycles. The first-order valence-electron chi connectivity index (χ1n) is 7.03. The van der Waals surface area contributed by atoms with Crippen molar-refractivity contribution in [3.63, 3.8) is 0 Å². The first-order chi connectivity index (χ1) is 10.2. The van der Waals surface area contributed by atoms with Gasteiger partial charge in [-0.2, -0.15) is 5.10 Å². The summed E-state index contributed by atoms with van der Waals surface area (Å²) in [6, 6.07) is 3.86. The molecule has 2 aromatic heterocycles. The van der Waals surface area contributed by atoms with Crippen LogP contribution < -0.4 is 4.90 Å². The van der Waals surface area contributed by atoms with E-state index < -0.39 is 0 Å². The third-order valence-corrected chi connectivity index (χ3v) is 3.57. The van der Waals surface area contributed by atoms with Crippen molar-refractivity contribution in [2.24, 2.45) is 0 Å². The molecule has 3 rings (SSSR count). The fourth-order valence-corrected chi connectivity index (χ4v) is 2.75. The lowest BCUT2D eigenvalue weighted by Gasteiger charge is -2.37. The van der Waals surface area contributed by atoms with Gasteiger partial charge in [-0.25, -0.2) is 4.98 Å². The maximum atomic E-state index is 11.4. The molecule has 2 aromatic rings. The number of anilines is 1. The molecular formula is C15H18N4O2. The molecule has 0 unspecified atom stereocenters. The average molecular weight is 286 g/mol. The third kappa shape index (κ3) is 2.80. The second kappa shape index (κ2) is 5.65. The van der Waals surface area contributed by atoms with Crippen molar-refractivity contribution in [1.29, 1.82) is 0 Å². The van der Waals surface area contributed by atoms with E-state index in [9.17, 15) is 4.79 Å². The second-order valence-corrected chi connectivity index (χ2v) is 5.37. The van der Waals surface area contributed by atoms with Gasteiger partial charge in [0, 0.05) is 24.8 Å². The summed E-state index contributed by atoms with van der Waals surface area (Å²) in [7, 11) is 0. The Morgan fingerprint density at radius 3 is 2.71 bits per heavy atom. The molecule has 1 fully saturated rings. The van der Waals surface area contributed by atoms with E-state index in [2.05, 4.69) is 20.1 Å². The van der Waals surface area contributed by atoms with E-state index >= 15 is 0 Å². The number of carbonyl (C=O) groups excluding carboxylic acids is 1. The summed E-state index contributed by atoms with van der Waals surface area (Å²) in [4.78, 5) is 18.0. The van der Waals surface area contributed by atoms with Crippen LogP contribution >= 0.6 is 0 Å². The smallest absolute Gasteiger partial charge is 0.170 e. The van der Waals surface area contributed by atoms with E-state index in [4.69, 9.17) is 4.74 Å². The molecule has 110 valence electrons. The van der Waals surface area contributed by atoms with Gasteiger partial charge >= 0.3 is 0 Å². The Morgan fingerprint density at radius 2 is 2.10 bits per heavy atom. The van der Waals surface area contributed by atoms with E-state index in [0.29, 0.717) is 5.69 Å². The van der Waals surface area contributed by atoms with Crippen molar-refractivity contribution in [3.05, 3.63) is 30.2 Å². The molecule has 0 amide bonds. The highest BCUT2D eigenvalue weighted by atomic mass is 16.5. The zero-order valence-corrected chi connectivity index (χ0v) is 12.1. The molecule has 0 aromatic carbocycles. The zero-order chi connectivity index (χ0) is 14.8. The summed E-state index contributed by atoms with van der Waals surface area (Å²) < 4.78 is 5.73. The number of H-pyrrole nitrogens is 1. The van der Waals surface area contributed by atoms with E-state index in [1.807, 2.05) is 26.0 Å². The van der Waals surface area contributed by atoms with Crippen LogP contribution in [0.5, 0.6) is 0 Å². The van der Waals surface area contributed by atoms with Crippen LogP contribution in [0.4, 0.5) is 5.69 Å². The van der Waals surface area contributed by atoms with Crippen LogP contribution in [0.1, 0.15) is 24.3 Å². The Kier molecular flexibility index (Phi) is 3.70. The highest BCUT2D eigenvalue weighted by Crippen LogP contribution is 2.25. The monoisotopic (exact) mass is 286 g/mol. The van der Waals surface area contributed by atoms with Gasteiger partial charge < -0.3 is 9.64 Å². The average Bonchev–Trinajstić information content (AvgIpc) is 2.99. The lowest BCUT2D eigenvalue weighted by Crippen LogP contribution is -2.45. The van der Waals surface area contributed by atoms with Crippen molar-refractivity contribution < 1.29 is 9.53 Å². The normalized spacial score (nSPS) is 22.3. The van der Waals surface area contributed by atoms with Gasteiger partial charge in [0.1, 0.15) is 5.69 Å². The van der Waals surface area contributed by atoms with Crippen LogP contribution in [0.25, 0.3) is 11.3 Å². The quantitative estimate of drug-likeness (QED) is 0.873. The van der Waals surface area contributed by atoms with Gasteiger partial charge in [-0.3, -0.25) is 9.89 Å². The minimum Gasteiger partial charge on any atom is -0.372 e. The van der Waals surface area contributed by atoms with Gasteiger partial charge in [-0.1, -0.05) is 0 Å². The topological polar surface area (TPSA) is 71.1 Å². The molecule has 2 atom stereocenters. The summed E-state index contributed by atoms with van der Waals surface area (Å²) in [5.41, 5.74) is 2.92. The standard InChI is InChI=1S/C15H18N4O2/c1-10-7-19(8-11(2)21-10)15-4-3-13(18-14(15)9-20)12-5-16-17-6-12/h3-6,9-11H,7-8H2,1-2H3,(H,16,17)/t10-,11+. The Morgan fingerprint density at radius 1 is 1.33 bits per heavy atom. The van der Waals surface area contributed by atoms with Crippen LogP contribution in [0.3, 0.4) is 0 Å². The first kappa shape index (κ1) is 13.8. The Bertz CT molecular complexity index is 617. The summed E-state index contributed by atoms with van der Waals surface area (Å²) in [5.74, 6) is 0. The summed E-state index contributed by atoms with van der Waals surface area (Å²) in [6.45, 7) is 5.60. The maximum absolute atomic E-state index is 11.4. The first-order valence-corrected chi connectivity index (χ1v) is 7.03. The van der Waals surface area contributed by atoms with Crippen molar-refractivity contribution in [2.75, 3.05) is 18.0 Å². The second-order valence-electron chi connectivity index (χ2n) is 5.37. The predicted octanol–water partition coefficient (Wildman–Crippen LogP) is 1.90. The van der Waals surface area contributed by atoms with Gasteiger partial charge in [0.05, 0.1) is 29.8 Å². The van der Waals surface area contributed by atoms with Crippen molar-refractivity contribution in [2.45, 2.75) is 26.1 Å². The van der Waals surface area contributed by atoms with E-state index in [1.165, 1.54) is 0 Å². The Balaban J connectivity index is 1.94. The number of aromatic amines is 1. The molecule has 3 heterocycles. The van der Waals surface area contributed by atoms with Gasteiger partial charge in [0.2, 0.25) is 0 Å². The van der Waals surface area contributed by atoms with Gasteiger partial charge in [0.25, 0.3) is 0 Å². The number of aromatic nitrogens is 3. The van der Waals surface area contributed by atoms with Crippen LogP contribution in [-0.2, 0) is 4.74 Å². The highest BCUT2D eigenvalue weighted by molar-refractivity contribution is 5.83. The Hall–Kier alpha value is -2.21. The summed E-state index contributed by atoms with van der Waals surface area (Å²) in [5, 5.41) is 6.66. The maximum Gasteiger partial charge on any atom is 0.170 e. The molecule has 1 N–H and O–H groups in total. The molecular weight excluding hydrogens is 268 g/mol. The van der Waals surface area contributed by atoms with Gasteiger partial charge in [-0.15, -0.1) is 0 Å². The minimum absolute atomic E-state index is 0.141. The number of hydrogen-bond acceptors (Lipinski definition) is 5. The van der Waals surface area contributed by atoms with Crippen molar-refractivity contribution >= 4 is 12.0 Å². The fourth-order valence-electron chi connectivity index (χ4n) is 2.75. The molecule has 6 heteroatoms. The zero-order valence-electron chi connectivity index (χ0n) is 12.1. The SMILES string of the molecule is C[C@@H]1CN(c2ccc(-c3cn[nH]c3)nc2C=O)C[C@H](C)O1. The van der Waals surface area contributed by atoms with Crippen LogP contribution in [0, 0.1) is 0 Å². The van der Waals surface area contributed by atoms with E-state index in [1.54, 1.807) is 12.4 Å². The summed E-state index contributed by atoms with van der Waals surface area (Å²) in [6.07, 6.45) is 4.54. The molecule has 6 nitrogen and oxygen atoms in total. The van der Waals surface area contributed by atoms with Crippen LogP contribution in [-0.4, -0.2) is 46.8 Å². The number of nitrogens with zero attached hydrogens (tertiary/aromatic N) is 3. The lowest BCUT2D eigenvalue weighted by atomic mass is 10.1.